The van der Waals surface area contributed by atoms with Crippen LogP contribution in [0.3, 0.4) is 0 Å². The van der Waals surface area contributed by atoms with Gasteiger partial charge in [0.2, 0.25) is 0 Å². The molecule has 0 aromatic carbocycles. The first kappa shape index (κ1) is 10.8. The van der Waals surface area contributed by atoms with Gasteiger partial charge >= 0.3 is 0 Å². The standard InChI is InChI=1S/C7H5BrClF2NO/c8-4-1-12-6(9)3(2-13)5(4)7(10)11/h1,7,13H,2H2. The summed E-state index contributed by atoms with van der Waals surface area (Å²) in [5, 5.41) is 8.70. The molecule has 6 heteroatoms. The zero-order valence-corrected chi connectivity index (χ0v) is 8.61. The summed E-state index contributed by atoms with van der Waals surface area (Å²) in [7, 11) is 0. The number of rotatable bonds is 2. The SMILES string of the molecule is OCc1c(Cl)ncc(Br)c1C(F)F. The maximum absolute atomic E-state index is 12.4. The van der Waals surface area contributed by atoms with Crippen molar-refractivity contribution in [3.63, 3.8) is 0 Å². The maximum Gasteiger partial charge on any atom is 0.265 e. The van der Waals surface area contributed by atoms with Gasteiger partial charge in [0.1, 0.15) is 5.15 Å². The van der Waals surface area contributed by atoms with Gasteiger partial charge in [0.25, 0.3) is 6.43 Å². The first-order valence-corrected chi connectivity index (χ1v) is 4.46. The maximum atomic E-state index is 12.4. The highest BCUT2D eigenvalue weighted by atomic mass is 79.9. The van der Waals surface area contributed by atoms with Crippen LogP contribution in [0, 0.1) is 0 Å². The lowest BCUT2D eigenvalue weighted by atomic mass is 10.1. The molecule has 1 heterocycles. The second-order valence-electron chi connectivity index (χ2n) is 2.25. The van der Waals surface area contributed by atoms with Crippen molar-refractivity contribution in [3.8, 4) is 0 Å². The van der Waals surface area contributed by atoms with Crippen LogP contribution >= 0.6 is 27.5 Å². The van der Waals surface area contributed by atoms with Gasteiger partial charge in [-0.2, -0.15) is 0 Å². The van der Waals surface area contributed by atoms with Gasteiger partial charge in [-0.05, 0) is 15.9 Å². The van der Waals surface area contributed by atoms with Crippen molar-refractivity contribution in [1.82, 2.24) is 4.98 Å². The smallest absolute Gasteiger partial charge is 0.265 e. The molecular weight excluding hydrogens is 267 g/mol. The fourth-order valence-corrected chi connectivity index (χ4v) is 1.63. The van der Waals surface area contributed by atoms with Crippen molar-refractivity contribution in [2.24, 2.45) is 0 Å². The van der Waals surface area contributed by atoms with Gasteiger partial charge in [0, 0.05) is 21.8 Å². The van der Waals surface area contributed by atoms with Crippen molar-refractivity contribution in [2.75, 3.05) is 0 Å². The lowest BCUT2D eigenvalue weighted by Gasteiger charge is -2.09. The van der Waals surface area contributed by atoms with E-state index < -0.39 is 13.0 Å². The van der Waals surface area contributed by atoms with E-state index in [0.717, 1.165) is 0 Å². The zero-order valence-electron chi connectivity index (χ0n) is 6.27. The Morgan fingerprint density at radius 1 is 1.62 bits per heavy atom. The minimum Gasteiger partial charge on any atom is -0.392 e. The normalized spacial score (nSPS) is 10.9. The molecule has 0 radical (unpaired) electrons. The highest BCUT2D eigenvalue weighted by Gasteiger charge is 2.19. The van der Waals surface area contributed by atoms with E-state index in [1.165, 1.54) is 6.20 Å². The molecule has 0 bridgehead atoms. The van der Waals surface area contributed by atoms with Crippen LogP contribution in [0.25, 0.3) is 0 Å². The van der Waals surface area contributed by atoms with Gasteiger partial charge < -0.3 is 5.11 Å². The van der Waals surface area contributed by atoms with Gasteiger partial charge in [-0.15, -0.1) is 0 Å². The minimum absolute atomic E-state index is 0.0361. The Labute approximate surface area is 86.7 Å². The predicted octanol–water partition coefficient (Wildman–Crippen LogP) is 2.93. The highest BCUT2D eigenvalue weighted by molar-refractivity contribution is 9.10. The van der Waals surface area contributed by atoms with E-state index in [2.05, 4.69) is 20.9 Å². The van der Waals surface area contributed by atoms with Gasteiger partial charge in [-0.25, -0.2) is 13.8 Å². The molecule has 1 aromatic rings. The molecule has 0 amide bonds. The quantitative estimate of drug-likeness (QED) is 0.840. The molecule has 1 rings (SSSR count). The number of alkyl halides is 2. The molecule has 1 N–H and O–H groups in total. The summed E-state index contributed by atoms with van der Waals surface area (Å²) < 4.78 is 25.0. The zero-order chi connectivity index (χ0) is 10.0. The number of aliphatic hydroxyl groups excluding tert-OH is 1. The van der Waals surface area contributed by atoms with Crippen LogP contribution in [0.5, 0.6) is 0 Å². The van der Waals surface area contributed by atoms with Gasteiger partial charge in [-0.1, -0.05) is 11.6 Å². The first-order chi connectivity index (χ1) is 6.07. The van der Waals surface area contributed by atoms with E-state index >= 15 is 0 Å². The lowest BCUT2D eigenvalue weighted by Crippen LogP contribution is -1.99. The monoisotopic (exact) mass is 271 g/mol. The summed E-state index contributed by atoms with van der Waals surface area (Å²) in [6, 6.07) is 0. The van der Waals surface area contributed by atoms with E-state index in [1.807, 2.05) is 0 Å². The fourth-order valence-electron chi connectivity index (χ4n) is 0.902. The van der Waals surface area contributed by atoms with Crippen LogP contribution < -0.4 is 0 Å². The number of hydrogen-bond donors (Lipinski definition) is 1. The Hall–Kier alpha value is -0.260. The van der Waals surface area contributed by atoms with Crippen LogP contribution in [0.15, 0.2) is 10.7 Å². The molecule has 0 aliphatic rings. The lowest BCUT2D eigenvalue weighted by molar-refractivity contribution is 0.146. The van der Waals surface area contributed by atoms with Crippen molar-refractivity contribution in [1.29, 1.82) is 0 Å². The van der Waals surface area contributed by atoms with Crippen molar-refractivity contribution in [2.45, 2.75) is 13.0 Å². The number of pyridine rings is 1. The molecule has 2 nitrogen and oxygen atoms in total. The summed E-state index contributed by atoms with van der Waals surface area (Å²) in [5.41, 5.74) is -0.339. The Morgan fingerprint density at radius 3 is 2.62 bits per heavy atom. The molecule has 13 heavy (non-hydrogen) atoms. The van der Waals surface area contributed by atoms with Crippen molar-refractivity contribution in [3.05, 3.63) is 26.9 Å². The largest absolute Gasteiger partial charge is 0.392 e. The number of aliphatic hydroxyl groups is 1. The molecule has 0 aliphatic carbocycles. The molecule has 72 valence electrons. The van der Waals surface area contributed by atoms with Crippen LogP contribution in [0.1, 0.15) is 17.6 Å². The third kappa shape index (κ3) is 2.15. The first-order valence-electron chi connectivity index (χ1n) is 3.29. The van der Waals surface area contributed by atoms with Crippen molar-refractivity contribution < 1.29 is 13.9 Å². The van der Waals surface area contributed by atoms with E-state index in [0.29, 0.717) is 0 Å². The second kappa shape index (κ2) is 4.30. The number of halogens is 4. The average Bonchev–Trinajstić information content (AvgIpc) is 2.07. The number of nitrogens with zero attached hydrogens (tertiary/aromatic N) is 1. The fraction of sp³-hybridized carbons (Fsp3) is 0.286. The Bertz CT molecular complexity index is 322. The molecule has 0 unspecified atom stereocenters. The Balaban J connectivity index is 3.35. The topological polar surface area (TPSA) is 33.1 Å². The summed E-state index contributed by atoms with van der Waals surface area (Å²) >= 11 is 8.43. The van der Waals surface area contributed by atoms with Crippen molar-refractivity contribution >= 4 is 27.5 Å². The molecule has 0 spiro atoms. The highest BCUT2D eigenvalue weighted by Crippen LogP contribution is 2.33. The van der Waals surface area contributed by atoms with E-state index in [9.17, 15) is 8.78 Å². The van der Waals surface area contributed by atoms with Crippen LogP contribution in [0.2, 0.25) is 5.15 Å². The van der Waals surface area contributed by atoms with Crippen LogP contribution in [0.4, 0.5) is 8.78 Å². The molecule has 0 aliphatic heterocycles. The number of hydrogen-bond acceptors (Lipinski definition) is 2. The number of aromatic nitrogens is 1. The Kier molecular flexibility index (Phi) is 3.58. The van der Waals surface area contributed by atoms with Gasteiger partial charge in [0.05, 0.1) is 6.61 Å². The summed E-state index contributed by atoms with van der Waals surface area (Å²) in [6.45, 7) is -0.551. The van der Waals surface area contributed by atoms with Crippen LogP contribution in [-0.4, -0.2) is 10.1 Å². The summed E-state index contributed by atoms with van der Waals surface area (Å²) in [6.07, 6.45) is -1.50. The molecule has 0 atom stereocenters. The Morgan fingerprint density at radius 2 is 2.23 bits per heavy atom. The van der Waals surface area contributed by atoms with E-state index in [-0.39, 0.29) is 20.8 Å². The molecule has 0 fully saturated rings. The van der Waals surface area contributed by atoms with Gasteiger partial charge in [0.15, 0.2) is 0 Å². The second-order valence-corrected chi connectivity index (χ2v) is 3.46. The van der Waals surface area contributed by atoms with Crippen LogP contribution in [-0.2, 0) is 6.61 Å². The average molecular weight is 272 g/mol. The summed E-state index contributed by atoms with van der Waals surface area (Å²) in [5.74, 6) is 0. The molecule has 1 aromatic heterocycles. The summed E-state index contributed by atoms with van der Waals surface area (Å²) in [4.78, 5) is 3.62. The predicted molar refractivity (Wildman–Crippen MR) is 47.8 cm³/mol. The third-order valence-corrected chi connectivity index (χ3v) is 2.46. The third-order valence-electron chi connectivity index (χ3n) is 1.50. The van der Waals surface area contributed by atoms with Gasteiger partial charge in [-0.3, -0.25) is 0 Å². The van der Waals surface area contributed by atoms with E-state index in [4.69, 9.17) is 16.7 Å². The minimum atomic E-state index is -2.68. The van der Waals surface area contributed by atoms with E-state index in [1.54, 1.807) is 0 Å². The molecule has 0 saturated heterocycles. The molecular formula is C7H5BrClF2NO. The molecule has 0 saturated carbocycles.